The highest BCUT2D eigenvalue weighted by molar-refractivity contribution is 5.94. The van der Waals surface area contributed by atoms with Gasteiger partial charge in [-0.25, -0.2) is 0 Å². The number of nitrogen functional groups attached to an aromatic ring is 1. The summed E-state index contributed by atoms with van der Waals surface area (Å²) in [6.07, 6.45) is 4.96. The first-order valence-corrected chi connectivity index (χ1v) is 7.45. The zero-order chi connectivity index (χ0) is 14.7. The molecule has 1 aromatic rings. The van der Waals surface area contributed by atoms with Gasteiger partial charge in [0, 0.05) is 11.6 Å². The van der Waals surface area contributed by atoms with E-state index in [1.54, 1.807) is 18.2 Å². The maximum absolute atomic E-state index is 11.3. The van der Waals surface area contributed by atoms with E-state index in [-0.39, 0.29) is 0 Å². The summed E-state index contributed by atoms with van der Waals surface area (Å²) in [6, 6.07) is 5.61. The van der Waals surface area contributed by atoms with Gasteiger partial charge < -0.3 is 16.8 Å². The Morgan fingerprint density at radius 3 is 2.65 bits per heavy atom. The summed E-state index contributed by atoms with van der Waals surface area (Å²) in [7, 11) is 0. The van der Waals surface area contributed by atoms with Gasteiger partial charge in [-0.05, 0) is 42.9 Å². The first kappa shape index (κ1) is 14.7. The van der Waals surface area contributed by atoms with Crippen molar-refractivity contribution in [1.29, 1.82) is 0 Å². The highest BCUT2D eigenvalue weighted by Gasteiger charge is 2.27. The van der Waals surface area contributed by atoms with Crippen LogP contribution in [0.4, 0.5) is 11.4 Å². The molecule has 0 aliphatic heterocycles. The smallest absolute Gasteiger partial charge is 0.248 e. The second kappa shape index (κ2) is 6.16. The van der Waals surface area contributed by atoms with Crippen LogP contribution in [0.15, 0.2) is 18.2 Å². The highest BCUT2D eigenvalue weighted by atomic mass is 16.1. The van der Waals surface area contributed by atoms with Crippen LogP contribution >= 0.6 is 0 Å². The van der Waals surface area contributed by atoms with E-state index >= 15 is 0 Å². The number of nitrogens with two attached hydrogens (primary N) is 2. The van der Waals surface area contributed by atoms with Crippen molar-refractivity contribution in [1.82, 2.24) is 0 Å². The van der Waals surface area contributed by atoms with Crippen molar-refractivity contribution < 1.29 is 4.79 Å². The normalized spacial score (nSPS) is 22.8. The van der Waals surface area contributed by atoms with Gasteiger partial charge in [0.05, 0.1) is 11.4 Å². The van der Waals surface area contributed by atoms with Gasteiger partial charge in [-0.2, -0.15) is 0 Å². The van der Waals surface area contributed by atoms with E-state index in [0.29, 0.717) is 29.1 Å². The van der Waals surface area contributed by atoms with Gasteiger partial charge in [-0.3, -0.25) is 4.79 Å². The predicted molar refractivity (Wildman–Crippen MR) is 83.6 cm³/mol. The van der Waals surface area contributed by atoms with E-state index in [2.05, 4.69) is 19.2 Å². The van der Waals surface area contributed by atoms with Gasteiger partial charge in [0.1, 0.15) is 0 Å². The van der Waals surface area contributed by atoms with Gasteiger partial charge in [0.15, 0.2) is 0 Å². The molecule has 0 saturated heterocycles. The Bertz CT molecular complexity index is 485. The van der Waals surface area contributed by atoms with Crippen LogP contribution in [0.25, 0.3) is 0 Å². The zero-order valence-electron chi connectivity index (χ0n) is 12.4. The number of anilines is 2. The van der Waals surface area contributed by atoms with Crippen LogP contribution in [0.3, 0.4) is 0 Å². The van der Waals surface area contributed by atoms with Gasteiger partial charge in [0.25, 0.3) is 0 Å². The Kier molecular flexibility index (Phi) is 4.53. The van der Waals surface area contributed by atoms with E-state index < -0.39 is 5.91 Å². The summed E-state index contributed by atoms with van der Waals surface area (Å²) in [5, 5.41) is 3.54. The van der Waals surface area contributed by atoms with Crippen LogP contribution in [0.5, 0.6) is 0 Å². The first-order valence-electron chi connectivity index (χ1n) is 7.45. The number of hydrogen-bond acceptors (Lipinski definition) is 3. The van der Waals surface area contributed by atoms with E-state index in [1.165, 1.54) is 19.3 Å². The van der Waals surface area contributed by atoms with E-state index in [9.17, 15) is 4.79 Å². The molecule has 0 heterocycles. The molecule has 0 spiro atoms. The van der Waals surface area contributed by atoms with E-state index in [4.69, 9.17) is 11.5 Å². The third-order valence-corrected chi connectivity index (χ3v) is 4.35. The largest absolute Gasteiger partial charge is 0.397 e. The average molecular weight is 275 g/mol. The number of carbonyl (C=O) groups excluding carboxylic acids is 1. The third kappa shape index (κ3) is 3.24. The highest BCUT2D eigenvalue weighted by Crippen LogP contribution is 2.33. The Balaban J connectivity index is 2.19. The number of primary amides is 1. The van der Waals surface area contributed by atoms with Crippen LogP contribution < -0.4 is 16.8 Å². The van der Waals surface area contributed by atoms with Crippen LogP contribution in [0, 0.1) is 11.8 Å². The maximum atomic E-state index is 11.3. The monoisotopic (exact) mass is 275 g/mol. The maximum Gasteiger partial charge on any atom is 0.248 e. The lowest BCUT2D eigenvalue weighted by Crippen LogP contribution is -2.35. The molecular weight excluding hydrogens is 250 g/mol. The van der Waals surface area contributed by atoms with Crippen molar-refractivity contribution in [3.8, 4) is 0 Å². The lowest BCUT2D eigenvalue weighted by Gasteiger charge is -2.35. The molecule has 1 fully saturated rings. The molecule has 1 aromatic carbocycles. The molecule has 5 N–H and O–H groups in total. The van der Waals surface area contributed by atoms with Gasteiger partial charge in [-0.15, -0.1) is 0 Å². The minimum Gasteiger partial charge on any atom is -0.397 e. The van der Waals surface area contributed by atoms with Crippen molar-refractivity contribution in [2.45, 2.75) is 45.6 Å². The minimum absolute atomic E-state index is 0.419. The molecule has 4 nitrogen and oxygen atoms in total. The standard InChI is InChI=1S/C16H25N3O/c1-10(2)12-5-3-4-6-14(12)19-15-9-11(16(18)20)7-8-13(15)17/h7-10,12,14,19H,3-6,17H2,1-2H3,(H2,18,20). The molecule has 0 aromatic heterocycles. The summed E-state index contributed by atoms with van der Waals surface area (Å²) in [5.74, 6) is 0.880. The minimum atomic E-state index is -0.419. The van der Waals surface area contributed by atoms with Gasteiger partial charge >= 0.3 is 0 Å². The number of carbonyl (C=O) groups is 1. The van der Waals surface area contributed by atoms with Crippen LogP contribution in [0.1, 0.15) is 49.9 Å². The molecule has 2 unspecified atom stereocenters. The summed E-state index contributed by atoms with van der Waals surface area (Å²) >= 11 is 0. The molecule has 4 heteroatoms. The molecule has 1 amide bonds. The fraction of sp³-hybridized carbons (Fsp3) is 0.562. The van der Waals surface area contributed by atoms with Crippen LogP contribution in [-0.2, 0) is 0 Å². The Hall–Kier alpha value is -1.71. The lowest BCUT2D eigenvalue weighted by atomic mass is 9.77. The summed E-state index contributed by atoms with van der Waals surface area (Å²) in [6.45, 7) is 4.54. The Labute approximate surface area is 120 Å². The molecule has 2 rings (SSSR count). The van der Waals surface area contributed by atoms with Gasteiger partial charge in [0.2, 0.25) is 5.91 Å². The molecule has 110 valence electrons. The molecule has 0 radical (unpaired) electrons. The predicted octanol–water partition coefficient (Wildman–Crippen LogP) is 2.99. The van der Waals surface area contributed by atoms with Crippen molar-refractivity contribution in [2.24, 2.45) is 17.6 Å². The number of amides is 1. The fourth-order valence-corrected chi connectivity index (χ4v) is 3.17. The Morgan fingerprint density at radius 2 is 2.00 bits per heavy atom. The van der Waals surface area contributed by atoms with Crippen LogP contribution in [0.2, 0.25) is 0 Å². The number of rotatable bonds is 4. The molecular formula is C16H25N3O. The van der Waals surface area contributed by atoms with Crippen LogP contribution in [-0.4, -0.2) is 11.9 Å². The topological polar surface area (TPSA) is 81.1 Å². The number of benzene rings is 1. The molecule has 1 saturated carbocycles. The molecule has 20 heavy (non-hydrogen) atoms. The lowest BCUT2D eigenvalue weighted by molar-refractivity contribution is 0.100. The summed E-state index contributed by atoms with van der Waals surface area (Å²) < 4.78 is 0. The molecule has 1 aliphatic rings. The number of nitrogens with one attached hydrogen (secondary N) is 1. The van der Waals surface area contributed by atoms with Crippen molar-refractivity contribution in [3.63, 3.8) is 0 Å². The molecule has 1 aliphatic carbocycles. The first-order chi connectivity index (χ1) is 9.49. The van der Waals surface area contributed by atoms with E-state index in [1.807, 2.05) is 0 Å². The third-order valence-electron chi connectivity index (χ3n) is 4.35. The second-order valence-electron chi connectivity index (χ2n) is 6.11. The van der Waals surface area contributed by atoms with Crippen molar-refractivity contribution >= 4 is 17.3 Å². The van der Waals surface area contributed by atoms with E-state index in [0.717, 1.165) is 12.1 Å². The number of hydrogen-bond donors (Lipinski definition) is 3. The van der Waals surface area contributed by atoms with Crippen molar-refractivity contribution in [3.05, 3.63) is 23.8 Å². The second-order valence-corrected chi connectivity index (χ2v) is 6.11. The quantitative estimate of drug-likeness (QED) is 0.739. The molecule has 0 bridgehead atoms. The van der Waals surface area contributed by atoms with Crippen molar-refractivity contribution in [2.75, 3.05) is 11.1 Å². The summed E-state index contributed by atoms with van der Waals surface area (Å²) in [4.78, 5) is 11.3. The fourth-order valence-electron chi connectivity index (χ4n) is 3.17. The molecule has 2 atom stereocenters. The SMILES string of the molecule is CC(C)C1CCCCC1Nc1cc(C(N)=O)ccc1N. The Morgan fingerprint density at radius 1 is 1.30 bits per heavy atom. The summed E-state index contributed by atoms with van der Waals surface area (Å²) in [5.41, 5.74) is 13.3. The average Bonchev–Trinajstić information content (AvgIpc) is 2.41. The van der Waals surface area contributed by atoms with Gasteiger partial charge in [-0.1, -0.05) is 26.7 Å². The zero-order valence-corrected chi connectivity index (χ0v) is 12.4.